The van der Waals surface area contributed by atoms with E-state index in [4.69, 9.17) is 0 Å². The third-order valence-electron chi connectivity index (χ3n) is 3.20. The van der Waals surface area contributed by atoms with Gasteiger partial charge in [0.05, 0.1) is 5.57 Å². The predicted molar refractivity (Wildman–Crippen MR) is 60.8 cm³/mol. The van der Waals surface area contributed by atoms with Gasteiger partial charge in [-0.05, 0) is 31.0 Å². The Hall–Kier alpha value is -1.97. The van der Waals surface area contributed by atoms with Gasteiger partial charge in [-0.1, -0.05) is 0 Å². The molecule has 1 heterocycles. The third kappa shape index (κ3) is 1.48. The quantitative estimate of drug-likeness (QED) is 0.696. The van der Waals surface area contributed by atoms with E-state index in [-0.39, 0.29) is 11.7 Å². The van der Waals surface area contributed by atoms with Crippen LogP contribution in [0.4, 0.5) is 10.1 Å². The van der Waals surface area contributed by atoms with Crippen LogP contribution in [-0.4, -0.2) is 11.7 Å². The van der Waals surface area contributed by atoms with Crippen LogP contribution in [0.3, 0.4) is 0 Å². The Bertz CT molecular complexity index is 575. The summed E-state index contributed by atoms with van der Waals surface area (Å²) in [5.74, 6) is -0.688. The minimum Gasteiger partial charge on any atom is -0.321 e. The summed E-state index contributed by atoms with van der Waals surface area (Å²) in [7, 11) is 0. The molecule has 1 aromatic rings. The Morgan fingerprint density at radius 2 is 2.00 bits per heavy atom. The number of carbonyl (C=O) groups is 2. The van der Waals surface area contributed by atoms with E-state index in [0.29, 0.717) is 35.2 Å². The molecular formula is C13H10FNO2. The Morgan fingerprint density at radius 3 is 2.71 bits per heavy atom. The van der Waals surface area contributed by atoms with E-state index in [0.717, 1.165) is 6.42 Å². The molecule has 0 radical (unpaired) electrons. The zero-order valence-electron chi connectivity index (χ0n) is 9.05. The Balaban J connectivity index is 2.23. The number of nitrogens with one attached hydrogen (secondary N) is 1. The van der Waals surface area contributed by atoms with E-state index >= 15 is 0 Å². The van der Waals surface area contributed by atoms with Crippen LogP contribution in [0.25, 0.3) is 5.57 Å². The lowest BCUT2D eigenvalue weighted by Gasteiger charge is -2.01. The molecule has 1 fully saturated rings. The summed E-state index contributed by atoms with van der Waals surface area (Å²) in [4.78, 5) is 23.5. The SMILES string of the molecule is O=C1CCC/C1=C1\C(=O)Nc2ccc(F)cc21. The molecule has 0 saturated heterocycles. The molecule has 1 saturated carbocycles. The smallest absolute Gasteiger partial charge is 0.256 e. The summed E-state index contributed by atoms with van der Waals surface area (Å²) in [6, 6.07) is 4.12. The summed E-state index contributed by atoms with van der Waals surface area (Å²) < 4.78 is 13.2. The predicted octanol–water partition coefficient (Wildman–Crippen LogP) is 2.28. The van der Waals surface area contributed by atoms with Gasteiger partial charge < -0.3 is 5.32 Å². The van der Waals surface area contributed by atoms with Crippen LogP contribution in [0.1, 0.15) is 24.8 Å². The first-order chi connectivity index (χ1) is 8.16. The summed E-state index contributed by atoms with van der Waals surface area (Å²) >= 11 is 0. The normalized spacial score (nSPS) is 22.9. The summed E-state index contributed by atoms with van der Waals surface area (Å²) in [6.07, 6.45) is 1.86. The van der Waals surface area contributed by atoms with Gasteiger partial charge in [-0.25, -0.2) is 4.39 Å². The van der Waals surface area contributed by atoms with Crippen LogP contribution < -0.4 is 5.32 Å². The van der Waals surface area contributed by atoms with Gasteiger partial charge in [-0.3, -0.25) is 9.59 Å². The highest BCUT2D eigenvalue weighted by Gasteiger charge is 2.31. The molecule has 4 heteroatoms. The second kappa shape index (κ2) is 3.52. The molecule has 0 aromatic heterocycles. The van der Waals surface area contributed by atoms with Gasteiger partial charge in [0.2, 0.25) is 0 Å². The average molecular weight is 231 g/mol. The van der Waals surface area contributed by atoms with Crippen molar-refractivity contribution in [2.24, 2.45) is 0 Å². The van der Waals surface area contributed by atoms with Crippen molar-refractivity contribution < 1.29 is 14.0 Å². The van der Waals surface area contributed by atoms with E-state index in [1.54, 1.807) is 0 Å². The van der Waals surface area contributed by atoms with Crippen molar-refractivity contribution in [1.29, 1.82) is 0 Å². The molecule has 0 unspecified atom stereocenters. The first-order valence-electron chi connectivity index (χ1n) is 5.54. The van der Waals surface area contributed by atoms with Crippen molar-refractivity contribution in [3.63, 3.8) is 0 Å². The molecule has 2 aliphatic rings. The molecule has 1 aliphatic carbocycles. The molecule has 0 spiro atoms. The number of amides is 1. The molecule has 1 aromatic carbocycles. The van der Waals surface area contributed by atoms with Gasteiger partial charge in [-0.2, -0.15) is 0 Å². The Kier molecular flexibility index (Phi) is 2.11. The maximum Gasteiger partial charge on any atom is 0.256 e. The molecule has 3 nitrogen and oxygen atoms in total. The number of Topliss-reactive ketones (excluding diaryl/α,β-unsaturated/α-hetero) is 1. The Morgan fingerprint density at radius 1 is 1.18 bits per heavy atom. The van der Waals surface area contributed by atoms with Crippen molar-refractivity contribution in [2.45, 2.75) is 19.3 Å². The summed E-state index contributed by atoms with van der Waals surface area (Å²) in [6.45, 7) is 0. The lowest BCUT2D eigenvalue weighted by Crippen LogP contribution is -2.07. The highest BCUT2D eigenvalue weighted by Crippen LogP contribution is 2.38. The lowest BCUT2D eigenvalue weighted by atomic mass is 9.99. The largest absolute Gasteiger partial charge is 0.321 e. The number of benzene rings is 1. The molecule has 1 aliphatic heterocycles. The number of hydrogen-bond donors (Lipinski definition) is 1. The maximum absolute atomic E-state index is 13.2. The number of hydrogen-bond acceptors (Lipinski definition) is 2. The first-order valence-corrected chi connectivity index (χ1v) is 5.54. The number of allylic oxidation sites excluding steroid dienone is 1. The number of halogens is 1. The fourth-order valence-corrected chi connectivity index (χ4v) is 2.42. The zero-order valence-corrected chi connectivity index (χ0v) is 9.05. The van der Waals surface area contributed by atoms with Gasteiger partial charge in [0, 0.05) is 23.2 Å². The van der Waals surface area contributed by atoms with Crippen LogP contribution in [0.15, 0.2) is 23.8 Å². The first kappa shape index (κ1) is 10.2. The highest BCUT2D eigenvalue weighted by molar-refractivity contribution is 6.35. The van der Waals surface area contributed by atoms with E-state index < -0.39 is 5.82 Å². The Labute approximate surface area is 97.3 Å². The number of anilines is 1. The molecule has 3 rings (SSSR count). The lowest BCUT2D eigenvalue weighted by molar-refractivity contribution is -0.115. The number of fused-ring (bicyclic) bond motifs is 1. The summed E-state index contributed by atoms with van der Waals surface area (Å²) in [5.41, 5.74) is 2.01. The number of ketones is 1. The standard InChI is InChI=1S/C13H10FNO2/c14-7-4-5-10-9(6-7)12(13(17)15-10)8-2-1-3-11(8)16/h4-6H,1-3H2,(H,15,17)/b12-8+. The van der Waals surface area contributed by atoms with Gasteiger partial charge in [0.15, 0.2) is 5.78 Å². The molecular weight excluding hydrogens is 221 g/mol. The fraction of sp³-hybridized carbons (Fsp3) is 0.231. The number of carbonyl (C=O) groups excluding carboxylic acids is 2. The van der Waals surface area contributed by atoms with Crippen molar-refractivity contribution in [3.05, 3.63) is 35.2 Å². The van der Waals surface area contributed by atoms with Gasteiger partial charge >= 0.3 is 0 Å². The van der Waals surface area contributed by atoms with Crippen molar-refractivity contribution >= 4 is 23.0 Å². The second-order valence-electron chi connectivity index (χ2n) is 4.27. The molecule has 86 valence electrons. The van der Waals surface area contributed by atoms with E-state index in [9.17, 15) is 14.0 Å². The average Bonchev–Trinajstić information content (AvgIpc) is 2.81. The molecule has 1 amide bonds. The van der Waals surface area contributed by atoms with Crippen molar-refractivity contribution in [3.8, 4) is 0 Å². The molecule has 17 heavy (non-hydrogen) atoms. The van der Waals surface area contributed by atoms with Gasteiger partial charge in [0.25, 0.3) is 5.91 Å². The highest BCUT2D eigenvalue weighted by atomic mass is 19.1. The van der Waals surface area contributed by atoms with Gasteiger partial charge in [0.1, 0.15) is 5.82 Å². The fourth-order valence-electron chi connectivity index (χ4n) is 2.42. The van der Waals surface area contributed by atoms with Crippen LogP contribution in [0.2, 0.25) is 0 Å². The second-order valence-corrected chi connectivity index (χ2v) is 4.27. The van der Waals surface area contributed by atoms with Gasteiger partial charge in [-0.15, -0.1) is 0 Å². The third-order valence-corrected chi connectivity index (χ3v) is 3.20. The van der Waals surface area contributed by atoms with E-state index in [2.05, 4.69) is 5.32 Å². The molecule has 0 atom stereocenters. The van der Waals surface area contributed by atoms with Crippen LogP contribution >= 0.6 is 0 Å². The zero-order chi connectivity index (χ0) is 12.0. The van der Waals surface area contributed by atoms with Crippen molar-refractivity contribution in [2.75, 3.05) is 5.32 Å². The minimum absolute atomic E-state index is 0.00672. The summed E-state index contributed by atoms with van der Waals surface area (Å²) in [5, 5.41) is 2.66. The van der Waals surface area contributed by atoms with Crippen LogP contribution in [-0.2, 0) is 9.59 Å². The molecule has 1 N–H and O–H groups in total. The maximum atomic E-state index is 13.2. The van der Waals surface area contributed by atoms with Crippen LogP contribution in [0.5, 0.6) is 0 Å². The monoisotopic (exact) mass is 231 g/mol. The van der Waals surface area contributed by atoms with E-state index in [1.807, 2.05) is 0 Å². The molecule has 0 bridgehead atoms. The topological polar surface area (TPSA) is 46.2 Å². The van der Waals surface area contributed by atoms with Crippen LogP contribution in [0, 0.1) is 5.82 Å². The number of rotatable bonds is 0. The minimum atomic E-state index is -0.399. The van der Waals surface area contributed by atoms with E-state index in [1.165, 1.54) is 18.2 Å². The van der Waals surface area contributed by atoms with Crippen molar-refractivity contribution in [1.82, 2.24) is 0 Å².